The van der Waals surface area contributed by atoms with Crippen LogP contribution in [-0.2, 0) is 0 Å². The number of hydrogen-bond acceptors (Lipinski definition) is 0. The lowest BCUT2D eigenvalue weighted by Gasteiger charge is -1.93. The minimum absolute atomic E-state index is 0.818. The van der Waals surface area contributed by atoms with Gasteiger partial charge in [0.05, 0.1) is 5.56 Å². The van der Waals surface area contributed by atoms with Gasteiger partial charge in [0.15, 0.2) is 0 Å². The Balaban J connectivity index is 2.41. The normalized spacial score (nSPS) is 18.2. The van der Waals surface area contributed by atoms with Crippen molar-refractivity contribution in [3.05, 3.63) is 41.5 Å². The van der Waals surface area contributed by atoms with Gasteiger partial charge >= 0.3 is 6.29 Å². The Morgan fingerprint density at radius 2 is 1.92 bits per heavy atom. The van der Waals surface area contributed by atoms with Crippen LogP contribution in [0.3, 0.4) is 0 Å². The highest BCUT2D eigenvalue weighted by molar-refractivity contribution is 5.82. The summed E-state index contributed by atoms with van der Waals surface area (Å²) in [6.45, 7) is 0.818. The Morgan fingerprint density at radius 1 is 1.08 bits per heavy atom. The van der Waals surface area contributed by atoms with Gasteiger partial charge in [-0.1, -0.05) is 30.4 Å². The van der Waals surface area contributed by atoms with Crippen molar-refractivity contribution in [1.29, 1.82) is 0 Å². The fraction of sp³-hybridized carbons (Fsp3) is 0.250. The van der Waals surface area contributed by atoms with Crippen molar-refractivity contribution < 1.29 is 4.42 Å². The maximum atomic E-state index is 5.42. The summed E-state index contributed by atoms with van der Waals surface area (Å²) in [6, 6.07) is 8.27. The molecule has 66 valence electrons. The molecule has 1 heteroatoms. The van der Waals surface area contributed by atoms with Crippen LogP contribution in [-0.4, -0.2) is 12.9 Å². The molecule has 0 radical (unpaired) electrons. The van der Waals surface area contributed by atoms with Crippen LogP contribution in [0.2, 0.25) is 0 Å². The van der Waals surface area contributed by atoms with E-state index in [1.807, 2.05) is 12.4 Å². The highest BCUT2D eigenvalue weighted by Crippen LogP contribution is 2.10. The first-order valence-corrected chi connectivity index (χ1v) is 4.67. The van der Waals surface area contributed by atoms with Crippen molar-refractivity contribution >= 4 is 12.4 Å². The van der Waals surface area contributed by atoms with Gasteiger partial charge in [-0.3, -0.25) is 4.42 Å². The molecule has 1 aliphatic heterocycles. The number of aldehydes is 1. The van der Waals surface area contributed by atoms with Gasteiger partial charge in [-0.25, -0.2) is 0 Å². The summed E-state index contributed by atoms with van der Waals surface area (Å²) in [4.78, 5) is 0. The first kappa shape index (κ1) is 8.24. The highest BCUT2D eigenvalue weighted by Gasteiger charge is 2.02. The van der Waals surface area contributed by atoms with E-state index in [1.54, 1.807) is 0 Å². The number of rotatable bonds is 0. The second-order valence-corrected chi connectivity index (χ2v) is 3.16. The lowest BCUT2D eigenvalue weighted by Crippen LogP contribution is -1.86. The molecule has 0 amide bonds. The number of hydrogen-bond donors (Lipinski definition) is 0. The molecule has 0 saturated carbocycles. The standard InChI is InChI=1S/C12H13O/c1-2-6-11-7-3-4-8-12(11)10-13-9-5-1/h2-4,6-8,10H,1,5,9H2/q+1/b6-2-. The van der Waals surface area contributed by atoms with Crippen LogP contribution >= 0.6 is 0 Å². The lowest BCUT2D eigenvalue weighted by atomic mass is 10.1. The minimum atomic E-state index is 0.818. The molecular weight excluding hydrogens is 160 g/mol. The number of fused-ring (bicyclic) bond motifs is 1. The van der Waals surface area contributed by atoms with Gasteiger partial charge in [0, 0.05) is 6.42 Å². The topological polar surface area (TPSA) is 11.3 Å². The zero-order valence-electron chi connectivity index (χ0n) is 7.57. The van der Waals surface area contributed by atoms with Gasteiger partial charge in [-0.15, -0.1) is 0 Å². The predicted molar refractivity (Wildman–Crippen MR) is 55.0 cm³/mol. The molecule has 1 aromatic rings. The molecule has 0 bridgehead atoms. The van der Waals surface area contributed by atoms with Gasteiger partial charge in [-0.05, 0) is 18.1 Å². The second-order valence-electron chi connectivity index (χ2n) is 3.16. The Morgan fingerprint density at radius 3 is 2.85 bits per heavy atom. The number of allylic oxidation sites excluding steroid dienone is 1. The molecular formula is C12H13O+. The van der Waals surface area contributed by atoms with Gasteiger partial charge in [0.1, 0.15) is 0 Å². The van der Waals surface area contributed by atoms with E-state index in [0.29, 0.717) is 0 Å². The molecule has 0 atom stereocenters. The van der Waals surface area contributed by atoms with Crippen LogP contribution in [0.4, 0.5) is 0 Å². The molecule has 0 fully saturated rings. The number of carbonyl (C=O) groups excluding carboxylic acids is 1. The molecule has 0 unspecified atom stereocenters. The quantitative estimate of drug-likeness (QED) is 0.422. The van der Waals surface area contributed by atoms with E-state index in [-0.39, 0.29) is 0 Å². The summed E-state index contributed by atoms with van der Waals surface area (Å²) < 4.78 is 5.42. The van der Waals surface area contributed by atoms with Crippen molar-refractivity contribution in [3.63, 3.8) is 0 Å². The summed E-state index contributed by atoms with van der Waals surface area (Å²) in [5.74, 6) is 0. The fourth-order valence-corrected chi connectivity index (χ4v) is 1.41. The van der Waals surface area contributed by atoms with Crippen molar-refractivity contribution in [3.8, 4) is 0 Å². The summed E-state index contributed by atoms with van der Waals surface area (Å²) in [5.41, 5.74) is 2.41. The van der Waals surface area contributed by atoms with Crippen molar-refractivity contribution in [2.45, 2.75) is 12.8 Å². The third kappa shape index (κ3) is 2.05. The number of benzene rings is 1. The van der Waals surface area contributed by atoms with E-state index < -0.39 is 0 Å². The molecule has 1 heterocycles. The van der Waals surface area contributed by atoms with Crippen LogP contribution < -0.4 is 0 Å². The van der Waals surface area contributed by atoms with E-state index in [1.165, 1.54) is 11.1 Å². The average Bonchev–Trinajstić information content (AvgIpc) is 2.28. The van der Waals surface area contributed by atoms with Crippen LogP contribution in [0.1, 0.15) is 28.4 Å². The van der Waals surface area contributed by atoms with Crippen LogP contribution in [0, 0.1) is 0 Å². The molecule has 1 aliphatic rings. The van der Waals surface area contributed by atoms with Crippen LogP contribution in [0.15, 0.2) is 30.3 Å². The minimum Gasteiger partial charge on any atom is -0.262 e. The Hall–Kier alpha value is -1.37. The Bertz CT molecular complexity index is 304. The zero-order chi connectivity index (χ0) is 8.93. The smallest absolute Gasteiger partial charge is 0.262 e. The molecule has 13 heavy (non-hydrogen) atoms. The third-order valence-electron chi connectivity index (χ3n) is 2.14. The van der Waals surface area contributed by atoms with Gasteiger partial charge < -0.3 is 0 Å². The SMILES string of the molecule is C1=[O+]CCC/C=C\c2ccccc21. The van der Waals surface area contributed by atoms with Crippen LogP contribution in [0.25, 0.3) is 6.08 Å². The first-order chi connectivity index (χ1) is 6.47. The van der Waals surface area contributed by atoms with Crippen molar-refractivity contribution in [2.24, 2.45) is 0 Å². The predicted octanol–water partition coefficient (Wildman–Crippen LogP) is 2.84. The summed E-state index contributed by atoms with van der Waals surface area (Å²) in [6.07, 6.45) is 8.43. The summed E-state index contributed by atoms with van der Waals surface area (Å²) >= 11 is 0. The molecule has 0 saturated heterocycles. The maximum Gasteiger partial charge on any atom is 0.316 e. The molecule has 1 aromatic carbocycles. The molecule has 0 aromatic heterocycles. The van der Waals surface area contributed by atoms with E-state index >= 15 is 0 Å². The summed E-state index contributed by atoms with van der Waals surface area (Å²) in [5, 5.41) is 0. The third-order valence-corrected chi connectivity index (χ3v) is 2.14. The fourth-order valence-electron chi connectivity index (χ4n) is 1.41. The lowest BCUT2D eigenvalue weighted by molar-refractivity contribution is -0.264. The summed E-state index contributed by atoms with van der Waals surface area (Å²) in [7, 11) is 0. The largest absolute Gasteiger partial charge is 0.316 e. The maximum absolute atomic E-state index is 5.42. The Kier molecular flexibility index (Phi) is 2.56. The monoisotopic (exact) mass is 173 g/mol. The second kappa shape index (κ2) is 4.04. The molecule has 0 spiro atoms. The van der Waals surface area contributed by atoms with E-state index in [2.05, 4.69) is 30.4 Å². The Labute approximate surface area is 78.4 Å². The first-order valence-electron chi connectivity index (χ1n) is 4.67. The van der Waals surface area contributed by atoms with Gasteiger partial charge in [-0.2, -0.15) is 0 Å². The zero-order valence-corrected chi connectivity index (χ0v) is 7.57. The highest BCUT2D eigenvalue weighted by atomic mass is 16.4. The molecule has 1 nitrogen and oxygen atoms in total. The van der Waals surface area contributed by atoms with Gasteiger partial charge in [0.2, 0.25) is 0 Å². The molecule has 0 N–H and O–H groups in total. The van der Waals surface area contributed by atoms with E-state index in [9.17, 15) is 0 Å². The van der Waals surface area contributed by atoms with Crippen molar-refractivity contribution in [2.75, 3.05) is 6.61 Å². The molecule has 2 rings (SSSR count). The molecule has 0 aliphatic carbocycles. The van der Waals surface area contributed by atoms with Gasteiger partial charge in [0.25, 0.3) is 6.61 Å². The average molecular weight is 173 g/mol. The van der Waals surface area contributed by atoms with Crippen LogP contribution in [0.5, 0.6) is 0 Å². The van der Waals surface area contributed by atoms with Crippen molar-refractivity contribution in [1.82, 2.24) is 0 Å². The van der Waals surface area contributed by atoms with E-state index in [4.69, 9.17) is 4.42 Å². The van der Waals surface area contributed by atoms with E-state index in [0.717, 1.165) is 19.4 Å².